The highest BCUT2D eigenvalue weighted by Gasteiger charge is 2.26. The molecule has 27 heavy (non-hydrogen) atoms. The van der Waals surface area contributed by atoms with Gasteiger partial charge in [-0.25, -0.2) is 12.7 Å². The number of nitrogens with one attached hydrogen (secondary N) is 2. The second-order valence-corrected chi connectivity index (χ2v) is 10.2. The zero-order valence-corrected chi connectivity index (χ0v) is 17.7. The number of hydrogen-bond acceptors (Lipinski definition) is 4. The molecule has 0 saturated carbocycles. The van der Waals surface area contributed by atoms with Gasteiger partial charge in [0.15, 0.2) is 5.96 Å². The summed E-state index contributed by atoms with van der Waals surface area (Å²) in [6.07, 6.45) is 1.50. The van der Waals surface area contributed by atoms with Crippen molar-refractivity contribution in [1.82, 2.24) is 14.9 Å². The first-order valence-electron chi connectivity index (χ1n) is 9.42. The monoisotopic (exact) mass is 414 g/mol. The molecule has 0 aliphatic carbocycles. The lowest BCUT2D eigenvalue weighted by Gasteiger charge is -2.32. The predicted octanol–water partition coefficient (Wildman–Crippen LogP) is 1.16. The van der Waals surface area contributed by atoms with Gasteiger partial charge >= 0.3 is 0 Å². The fourth-order valence-corrected chi connectivity index (χ4v) is 4.99. The van der Waals surface area contributed by atoms with Crippen LogP contribution in [0.4, 0.5) is 0 Å². The van der Waals surface area contributed by atoms with Gasteiger partial charge in [0.05, 0.1) is 23.1 Å². The van der Waals surface area contributed by atoms with E-state index in [2.05, 4.69) is 15.6 Å². The smallest absolute Gasteiger partial charge is 0.213 e. The molecule has 1 atom stereocenters. The van der Waals surface area contributed by atoms with Crippen molar-refractivity contribution < 1.29 is 12.6 Å². The van der Waals surface area contributed by atoms with E-state index < -0.39 is 20.8 Å². The summed E-state index contributed by atoms with van der Waals surface area (Å²) >= 11 is 0. The normalized spacial score (nSPS) is 18.2. The van der Waals surface area contributed by atoms with E-state index in [1.807, 2.05) is 37.3 Å². The first kappa shape index (κ1) is 21.8. The molecule has 1 saturated heterocycles. The van der Waals surface area contributed by atoms with Crippen LogP contribution in [0.15, 0.2) is 40.2 Å². The highest BCUT2D eigenvalue weighted by Crippen LogP contribution is 2.14. The topological polar surface area (TPSA) is 90.9 Å². The first-order valence-corrected chi connectivity index (χ1v) is 12.3. The molecule has 0 radical (unpaired) electrons. The molecule has 2 N–H and O–H groups in total. The molecule has 1 aromatic rings. The lowest BCUT2D eigenvalue weighted by atomic mass is 10.1. The maximum atomic E-state index is 12.3. The molecule has 0 spiro atoms. The van der Waals surface area contributed by atoms with Crippen LogP contribution in [0.1, 0.15) is 26.7 Å². The average molecular weight is 415 g/mol. The van der Waals surface area contributed by atoms with Crippen molar-refractivity contribution in [2.45, 2.75) is 37.6 Å². The number of hydrogen-bond donors (Lipinski definition) is 2. The van der Waals surface area contributed by atoms with Gasteiger partial charge in [-0.05, 0) is 38.8 Å². The van der Waals surface area contributed by atoms with E-state index in [0.717, 1.165) is 24.3 Å². The number of rotatable bonds is 8. The summed E-state index contributed by atoms with van der Waals surface area (Å²) < 4.78 is 37.7. The molecule has 0 aromatic heterocycles. The zero-order valence-electron chi connectivity index (χ0n) is 16.1. The van der Waals surface area contributed by atoms with Gasteiger partial charge < -0.3 is 10.6 Å². The van der Waals surface area contributed by atoms with Gasteiger partial charge in [0.25, 0.3) is 0 Å². The SMILES string of the molecule is CCNC(=NCCS(=O)c1ccccc1)NC1CCN(S(=O)(=O)CC)CC1. The quantitative estimate of drug-likeness (QED) is 0.492. The predicted molar refractivity (Wildman–Crippen MR) is 111 cm³/mol. The Morgan fingerprint density at radius 1 is 1.22 bits per heavy atom. The maximum absolute atomic E-state index is 12.3. The number of benzene rings is 1. The van der Waals surface area contributed by atoms with Gasteiger partial charge in [0.1, 0.15) is 0 Å². The maximum Gasteiger partial charge on any atom is 0.213 e. The van der Waals surface area contributed by atoms with Crippen molar-refractivity contribution in [3.05, 3.63) is 30.3 Å². The minimum absolute atomic E-state index is 0.147. The van der Waals surface area contributed by atoms with Crippen LogP contribution in [0.2, 0.25) is 0 Å². The second kappa shape index (κ2) is 10.8. The number of sulfonamides is 1. The molecular weight excluding hydrogens is 384 g/mol. The van der Waals surface area contributed by atoms with E-state index in [-0.39, 0.29) is 11.8 Å². The molecule has 1 fully saturated rings. The molecule has 7 nitrogen and oxygen atoms in total. The van der Waals surface area contributed by atoms with Crippen LogP contribution in [0.25, 0.3) is 0 Å². The van der Waals surface area contributed by atoms with Crippen molar-refractivity contribution >= 4 is 26.8 Å². The molecule has 1 aliphatic heterocycles. The zero-order chi connectivity index (χ0) is 19.7. The number of aliphatic imine (C=N–C) groups is 1. The number of guanidine groups is 1. The van der Waals surface area contributed by atoms with Crippen LogP contribution in [-0.4, -0.2) is 66.6 Å². The van der Waals surface area contributed by atoms with E-state index in [1.165, 1.54) is 0 Å². The van der Waals surface area contributed by atoms with Crippen molar-refractivity contribution in [1.29, 1.82) is 0 Å². The second-order valence-electron chi connectivity index (χ2n) is 6.34. The van der Waals surface area contributed by atoms with Crippen LogP contribution >= 0.6 is 0 Å². The summed E-state index contributed by atoms with van der Waals surface area (Å²) in [6.45, 7) is 5.93. The van der Waals surface area contributed by atoms with E-state index in [1.54, 1.807) is 11.2 Å². The molecule has 9 heteroatoms. The van der Waals surface area contributed by atoms with Gasteiger partial charge in [-0.3, -0.25) is 9.20 Å². The Kier molecular flexibility index (Phi) is 8.72. The fraction of sp³-hybridized carbons (Fsp3) is 0.611. The Morgan fingerprint density at radius 2 is 1.89 bits per heavy atom. The Morgan fingerprint density at radius 3 is 2.48 bits per heavy atom. The van der Waals surface area contributed by atoms with Crippen LogP contribution in [-0.2, 0) is 20.8 Å². The van der Waals surface area contributed by atoms with E-state index in [9.17, 15) is 12.6 Å². The van der Waals surface area contributed by atoms with Gasteiger partial charge in [-0.2, -0.15) is 0 Å². The van der Waals surface area contributed by atoms with E-state index >= 15 is 0 Å². The van der Waals surface area contributed by atoms with Crippen molar-refractivity contribution in [3.8, 4) is 0 Å². The van der Waals surface area contributed by atoms with Crippen LogP contribution in [0.3, 0.4) is 0 Å². The Balaban J connectivity index is 1.84. The lowest BCUT2D eigenvalue weighted by Crippen LogP contribution is -2.50. The molecule has 0 bridgehead atoms. The fourth-order valence-electron chi connectivity index (χ4n) is 2.90. The minimum atomic E-state index is -3.11. The summed E-state index contributed by atoms with van der Waals surface area (Å²) in [5.41, 5.74) is 0. The third kappa shape index (κ3) is 6.90. The molecule has 1 unspecified atom stereocenters. The van der Waals surface area contributed by atoms with Gasteiger partial charge in [0.2, 0.25) is 10.0 Å². The summed E-state index contributed by atoms with van der Waals surface area (Å²) in [5, 5.41) is 6.58. The van der Waals surface area contributed by atoms with Gasteiger partial charge in [0, 0.05) is 36.3 Å². The van der Waals surface area contributed by atoms with Crippen molar-refractivity contribution in [3.63, 3.8) is 0 Å². The van der Waals surface area contributed by atoms with Crippen LogP contribution in [0.5, 0.6) is 0 Å². The molecule has 0 amide bonds. The molecule has 1 heterocycles. The Hall–Kier alpha value is -1.45. The highest BCUT2D eigenvalue weighted by atomic mass is 32.2. The van der Waals surface area contributed by atoms with E-state index in [4.69, 9.17) is 0 Å². The summed E-state index contributed by atoms with van der Waals surface area (Å²) in [5.74, 6) is 1.31. The molecule has 1 aliphatic rings. The third-order valence-corrected chi connectivity index (χ3v) is 7.68. The van der Waals surface area contributed by atoms with Crippen molar-refractivity contribution in [2.24, 2.45) is 4.99 Å². The Bertz CT molecular complexity index is 730. The third-order valence-electron chi connectivity index (χ3n) is 4.45. The van der Waals surface area contributed by atoms with Crippen LogP contribution in [0, 0.1) is 0 Å². The van der Waals surface area contributed by atoms with Crippen LogP contribution < -0.4 is 10.6 Å². The summed E-state index contributed by atoms with van der Waals surface area (Å²) in [7, 11) is -4.17. The largest absolute Gasteiger partial charge is 0.357 e. The number of nitrogens with zero attached hydrogens (tertiary/aromatic N) is 2. The molecule has 1 aromatic carbocycles. The minimum Gasteiger partial charge on any atom is -0.357 e. The molecular formula is C18H30N4O3S2. The molecule has 152 valence electrons. The number of piperidine rings is 1. The average Bonchev–Trinajstić information content (AvgIpc) is 2.69. The van der Waals surface area contributed by atoms with Gasteiger partial charge in [-0.1, -0.05) is 18.2 Å². The standard InChI is InChI=1S/C18H30N4O3S2/c1-3-19-18(20-12-15-26(23)17-8-6-5-7-9-17)21-16-10-13-22(14-11-16)27(24,25)4-2/h5-9,16H,3-4,10-15H2,1-2H3,(H2,19,20,21). The summed E-state index contributed by atoms with van der Waals surface area (Å²) in [6, 6.07) is 9.58. The van der Waals surface area contributed by atoms with Gasteiger partial charge in [-0.15, -0.1) is 0 Å². The first-order chi connectivity index (χ1) is 13.0. The summed E-state index contributed by atoms with van der Waals surface area (Å²) in [4.78, 5) is 5.34. The Labute approximate surface area is 165 Å². The van der Waals surface area contributed by atoms with Crippen molar-refractivity contribution in [2.75, 3.05) is 37.7 Å². The van der Waals surface area contributed by atoms with E-state index in [0.29, 0.717) is 31.3 Å². The molecule has 2 rings (SSSR count). The lowest BCUT2D eigenvalue weighted by molar-refractivity contribution is 0.306. The highest BCUT2D eigenvalue weighted by molar-refractivity contribution is 7.89.